The maximum absolute atomic E-state index is 12.9. The van der Waals surface area contributed by atoms with Crippen molar-refractivity contribution in [2.45, 2.75) is 268 Å². The Labute approximate surface area is 622 Å². The molecule has 4 aromatic heterocycles. The van der Waals surface area contributed by atoms with Crippen LogP contribution in [0.2, 0.25) is 0 Å². The van der Waals surface area contributed by atoms with E-state index in [2.05, 4.69) is 89.2 Å². The molecular weight excluding hydrogens is 1370 g/mol. The summed E-state index contributed by atoms with van der Waals surface area (Å²) >= 11 is 10.1. The molecule has 552 valence electrons. The summed E-state index contributed by atoms with van der Waals surface area (Å²) < 4.78 is 14.7. The van der Waals surface area contributed by atoms with Gasteiger partial charge < -0.3 is 46.4 Å². The van der Waals surface area contributed by atoms with Crippen LogP contribution in [0.4, 0.5) is 9.59 Å². The summed E-state index contributed by atoms with van der Waals surface area (Å²) in [7, 11) is 0. The molecule has 0 aliphatic heterocycles. The summed E-state index contributed by atoms with van der Waals surface area (Å²) in [5, 5.41) is 25.7. The van der Waals surface area contributed by atoms with Gasteiger partial charge in [-0.15, -0.1) is 45.3 Å². The third-order valence-corrected chi connectivity index (χ3v) is 31.0. The molecule has 7 N–H and O–H groups in total. The van der Waals surface area contributed by atoms with Gasteiger partial charge in [-0.25, -0.2) is 9.59 Å². The van der Waals surface area contributed by atoms with Crippen LogP contribution in [0, 0.1) is 88.8 Å². The quantitative estimate of drug-likeness (QED) is 0.0170. The van der Waals surface area contributed by atoms with E-state index in [4.69, 9.17) is 20.3 Å². The summed E-state index contributed by atoms with van der Waals surface area (Å²) in [6.07, 6.45) is 40.4. The second-order valence-corrected chi connectivity index (χ2v) is 37.7. The SMILES string of the molecule is CCC/C=C\[C@H]1[C@@H]2CC[C@@H](C2)[C@@H]1NC(=O)OCC.CCCCC[C@H]1[C@@H]2CC[C@@H](C2)[C@@H]1N.CCCCC[C@H]1[C@@H]2CC[C@@H](C2)[C@@H]1NC(=O)c1ccc(Sc2cccs2)s1.CCOC(=O)N[C@H]1[C@H]2CC[C@H](C2)[C@@H]1C=O.O=C(O)CCCC[C@H]1[C@@H]2CC[C@@H](C2)[C@@H]1NC(=O)c1ccc(Sc2cccs2)s1. The number of hydrogen-bond acceptors (Lipinski definition) is 15. The van der Waals surface area contributed by atoms with E-state index in [1.807, 2.05) is 31.2 Å². The van der Waals surface area contributed by atoms with E-state index in [9.17, 15) is 28.8 Å². The van der Waals surface area contributed by atoms with Gasteiger partial charge in [0.05, 0.1) is 39.8 Å². The summed E-state index contributed by atoms with van der Waals surface area (Å²) in [4.78, 5) is 71.9. The van der Waals surface area contributed by atoms with Crippen LogP contribution in [0.25, 0.3) is 0 Å². The number of ether oxygens (including phenoxy) is 2. The number of aldehydes is 1. The fraction of sp³-hybridized carbons (Fsp3) is 0.700. The standard InChI is InChI=1S/C21H25NO3S3.C21H27NOS3.C15H25NO2.C12H23N.C11H17NO3/c23-17(24)5-2-1-4-15-13-7-8-14(12-13)20(15)22-21(25)16-9-10-19(27-16)28-18-6-3-11-26-18;1-2-3-4-6-16-14-8-9-15(13-14)20(16)22-21(23)17-10-11-19(25-17)26-18-7-5-12-24-18;1-3-5-6-7-13-11-8-9-12(10-11)14(13)16-15(17)18-4-2;1-2-3-4-5-11-9-6-7-10(8-9)12(11)13;1-2-15-11(14)12-10-8-4-3-7(5-8)9(10)6-13/h3,6,9-11,13-15,20H,1-2,4-5,7-8,12H2,(H,22,25)(H,23,24);5,7,10-12,14-16,20H,2-4,6,8-9,13H2,1H3,(H,22,23);6-7,11-14H,3-5,8-10H2,1-2H3,(H,16,17);9-12H,2-8,13H2,1H3;6-10H,2-5H2,1H3,(H,12,14)/b;;7-6-;;/t13-,14+,15+,20+;14-,15+,16+,20+;11-,12+,13+,14+;9-,10+,11+,12+;7-,8+,9+,10+/m11111/s1. The molecular formula is C80H117N5O9S6. The Morgan fingerprint density at radius 1 is 0.490 bits per heavy atom. The number of carboxylic acid groups (broad SMARTS) is 1. The summed E-state index contributed by atoms with van der Waals surface area (Å²) in [6.45, 7) is 11.2. The molecule has 10 bridgehead atoms. The third-order valence-electron chi connectivity index (χ3n) is 24.4. The predicted molar refractivity (Wildman–Crippen MR) is 410 cm³/mol. The average molecular weight is 1490 g/mol. The maximum atomic E-state index is 12.9. The highest BCUT2D eigenvalue weighted by atomic mass is 32.2. The van der Waals surface area contributed by atoms with Gasteiger partial charge in [-0.1, -0.05) is 120 Å². The van der Waals surface area contributed by atoms with Crippen molar-refractivity contribution in [1.82, 2.24) is 21.3 Å². The van der Waals surface area contributed by atoms with E-state index < -0.39 is 5.97 Å². The third kappa shape index (κ3) is 21.3. The summed E-state index contributed by atoms with van der Waals surface area (Å²) in [5.41, 5.74) is 6.25. The van der Waals surface area contributed by atoms with Crippen LogP contribution in [0.15, 0.2) is 88.3 Å². The van der Waals surface area contributed by atoms with Gasteiger partial charge in [0.2, 0.25) is 0 Å². The monoisotopic (exact) mass is 1480 g/mol. The van der Waals surface area contributed by atoms with Crippen LogP contribution < -0.4 is 27.0 Å². The van der Waals surface area contributed by atoms with Gasteiger partial charge in [0, 0.05) is 48.5 Å². The van der Waals surface area contributed by atoms with Crippen molar-refractivity contribution in [3.05, 3.63) is 81.2 Å². The zero-order valence-corrected chi connectivity index (χ0v) is 65.1. The number of fused-ring (bicyclic) bond motifs is 10. The van der Waals surface area contributed by atoms with Crippen LogP contribution >= 0.6 is 68.9 Å². The van der Waals surface area contributed by atoms with Crippen molar-refractivity contribution in [3.8, 4) is 0 Å². The Morgan fingerprint density at radius 2 is 0.910 bits per heavy atom. The van der Waals surface area contributed by atoms with E-state index in [-0.39, 0.29) is 48.4 Å². The minimum Gasteiger partial charge on any atom is -0.481 e. The Bertz CT molecular complexity index is 3190. The lowest BCUT2D eigenvalue weighted by molar-refractivity contribution is -0.137. The number of aliphatic carboxylic acids is 1. The van der Waals surface area contributed by atoms with Gasteiger partial charge in [-0.2, -0.15) is 0 Å². The minimum absolute atomic E-state index is 0.00755. The van der Waals surface area contributed by atoms with Crippen LogP contribution in [-0.4, -0.2) is 84.8 Å². The number of nitrogens with one attached hydrogen (secondary N) is 4. The van der Waals surface area contributed by atoms with Crippen molar-refractivity contribution < 1.29 is 43.3 Å². The number of alkyl carbamates (subject to hydrolysis) is 2. The molecule has 4 aromatic rings. The zero-order valence-electron chi connectivity index (χ0n) is 60.2. The van der Waals surface area contributed by atoms with Crippen molar-refractivity contribution >= 4 is 105 Å². The highest BCUT2D eigenvalue weighted by Crippen LogP contribution is 2.54. The van der Waals surface area contributed by atoms with Gasteiger partial charge in [0.1, 0.15) is 6.29 Å². The molecule has 10 aliphatic rings. The fourth-order valence-electron chi connectivity index (χ4n) is 19.8. The van der Waals surface area contributed by atoms with E-state index >= 15 is 0 Å². The van der Waals surface area contributed by atoms with E-state index in [1.165, 1.54) is 147 Å². The lowest BCUT2D eigenvalue weighted by Gasteiger charge is -2.31. The molecule has 0 spiro atoms. The van der Waals surface area contributed by atoms with Gasteiger partial charge in [0.25, 0.3) is 11.8 Å². The second-order valence-electron chi connectivity index (χ2n) is 30.5. The Morgan fingerprint density at radius 3 is 1.35 bits per heavy atom. The zero-order chi connectivity index (χ0) is 70.5. The first kappa shape index (κ1) is 78.4. The Balaban J connectivity index is 0.000000139. The van der Waals surface area contributed by atoms with E-state index in [1.54, 1.807) is 75.8 Å². The number of unbranched alkanes of at least 4 members (excludes halogenated alkanes) is 6. The number of carbonyl (C=O) groups excluding carboxylic acids is 5. The Kier molecular flexibility index (Phi) is 31.2. The van der Waals surface area contributed by atoms with E-state index in [0.29, 0.717) is 78.7 Å². The van der Waals surface area contributed by atoms with Crippen LogP contribution in [0.5, 0.6) is 0 Å². The van der Waals surface area contributed by atoms with Crippen molar-refractivity contribution in [3.63, 3.8) is 0 Å². The van der Waals surface area contributed by atoms with Crippen LogP contribution in [0.1, 0.15) is 240 Å². The lowest BCUT2D eigenvalue weighted by Crippen LogP contribution is -2.44. The average Bonchev–Trinajstić information content (AvgIpc) is 1.69. The summed E-state index contributed by atoms with van der Waals surface area (Å²) in [6, 6.07) is 17.9. The molecule has 0 unspecified atom stereocenters. The van der Waals surface area contributed by atoms with Gasteiger partial charge in [-0.3, -0.25) is 14.4 Å². The first-order chi connectivity index (χ1) is 48.7. The molecule has 14 nitrogen and oxygen atoms in total. The number of amides is 4. The van der Waals surface area contributed by atoms with Crippen molar-refractivity contribution in [2.75, 3.05) is 13.2 Å². The first-order valence-corrected chi connectivity index (χ1v) is 43.9. The molecule has 0 radical (unpaired) electrons. The van der Waals surface area contributed by atoms with Gasteiger partial charge >= 0.3 is 18.2 Å². The molecule has 10 aliphatic carbocycles. The minimum atomic E-state index is -0.716. The number of nitrogens with two attached hydrogens (primary N) is 1. The maximum Gasteiger partial charge on any atom is 0.407 e. The number of carbonyl (C=O) groups is 6. The smallest absolute Gasteiger partial charge is 0.407 e. The van der Waals surface area contributed by atoms with Gasteiger partial charge in [-0.05, 0) is 266 Å². The molecule has 100 heavy (non-hydrogen) atoms. The second kappa shape index (κ2) is 39.8. The Hall–Kier alpha value is -4.18. The highest BCUT2D eigenvalue weighted by molar-refractivity contribution is 8.03. The highest BCUT2D eigenvalue weighted by Gasteiger charge is 2.51. The molecule has 10 fully saturated rings. The summed E-state index contributed by atoms with van der Waals surface area (Å²) in [5.74, 6) is 9.32. The number of thiophene rings is 4. The number of carboxylic acids is 1. The van der Waals surface area contributed by atoms with Crippen molar-refractivity contribution in [2.24, 2.45) is 94.5 Å². The van der Waals surface area contributed by atoms with Crippen LogP contribution in [-0.2, 0) is 19.1 Å². The number of allylic oxidation sites excluding steroid dienone is 1. The van der Waals surface area contributed by atoms with Crippen molar-refractivity contribution in [1.29, 1.82) is 0 Å². The fourth-order valence-corrected chi connectivity index (χ4v) is 25.9. The van der Waals surface area contributed by atoms with Crippen LogP contribution in [0.3, 0.4) is 0 Å². The molecule has 0 saturated heterocycles. The molecule has 20 atom stereocenters. The molecule has 4 heterocycles. The molecule has 14 rings (SSSR count). The van der Waals surface area contributed by atoms with Gasteiger partial charge in [0.15, 0.2) is 0 Å². The molecule has 10 saturated carbocycles. The first-order valence-electron chi connectivity index (χ1n) is 38.9. The molecule has 0 aromatic carbocycles. The number of rotatable bonds is 29. The lowest BCUT2D eigenvalue weighted by atomic mass is 9.81. The molecule has 20 heteroatoms. The normalized spacial score (nSPS) is 31.7. The predicted octanol–water partition coefficient (Wildman–Crippen LogP) is 20.2. The largest absolute Gasteiger partial charge is 0.481 e. The number of hydrogen-bond donors (Lipinski definition) is 6. The van der Waals surface area contributed by atoms with E-state index in [0.717, 1.165) is 101 Å². The molecule has 4 amide bonds. The topological polar surface area (TPSA) is 215 Å².